The summed E-state index contributed by atoms with van der Waals surface area (Å²) in [4.78, 5) is 4.14. The molecule has 2 aromatic heterocycles. The van der Waals surface area contributed by atoms with E-state index >= 15 is 0 Å². The highest BCUT2D eigenvalue weighted by Gasteiger charge is 2.18. The van der Waals surface area contributed by atoms with Crippen LogP contribution >= 0.6 is 0 Å². The number of methoxy groups -OCH3 is 1. The Morgan fingerprint density at radius 3 is 2.85 bits per heavy atom. The van der Waals surface area contributed by atoms with E-state index in [-0.39, 0.29) is 6.04 Å². The molecule has 0 aliphatic carbocycles. The van der Waals surface area contributed by atoms with Gasteiger partial charge in [0.05, 0.1) is 13.3 Å². The molecule has 1 unspecified atom stereocenters. The van der Waals surface area contributed by atoms with Gasteiger partial charge < -0.3 is 9.15 Å². The second-order valence-electron chi connectivity index (χ2n) is 4.44. The third-order valence-corrected chi connectivity index (χ3v) is 3.20. The van der Waals surface area contributed by atoms with Crippen molar-refractivity contribution in [1.29, 1.82) is 0 Å². The molecule has 1 aromatic carbocycles. The summed E-state index contributed by atoms with van der Waals surface area (Å²) in [5, 5.41) is 1.04. The zero-order chi connectivity index (χ0) is 13.9. The molecule has 5 nitrogen and oxygen atoms in total. The van der Waals surface area contributed by atoms with Gasteiger partial charge in [-0.25, -0.2) is 5.43 Å². The number of pyridine rings is 1. The van der Waals surface area contributed by atoms with Gasteiger partial charge in [0.2, 0.25) is 0 Å². The van der Waals surface area contributed by atoms with Gasteiger partial charge in [0.25, 0.3) is 0 Å². The predicted molar refractivity (Wildman–Crippen MR) is 76.2 cm³/mol. The van der Waals surface area contributed by atoms with Gasteiger partial charge >= 0.3 is 0 Å². The van der Waals surface area contributed by atoms with E-state index in [0.29, 0.717) is 5.75 Å². The van der Waals surface area contributed by atoms with Gasteiger partial charge in [0.15, 0.2) is 0 Å². The molecule has 3 aromatic rings. The Morgan fingerprint density at radius 1 is 1.25 bits per heavy atom. The van der Waals surface area contributed by atoms with Crippen molar-refractivity contribution in [1.82, 2.24) is 10.4 Å². The summed E-state index contributed by atoms with van der Waals surface area (Å²) in [7, 11) is 1.60. The van der Waals surface area contributed by atoms with E-state index in [0.717, 1.165) is 22.3 Å². The monoisotopic (exact) mass is 269 g/mol. The average Bonchev–Trinajstić information content (AvgIpc) is 2.91. The summed E-state index contributed by atoms with van der Waals surface area (Å²) >= 11 is 0. The number of benzene rings is 1. The summed E-state index contributed by atoms with van der Waals surface area (Å²) in [5.41, 5.74) is 4.47. The van der Waals surface area contributed by atoms with E-state index in [9.17, 15) is 0 Å². The molecule has 0 spiro atoms. The first kappa shape index (κ1) is 12.7. The third-order valence-electron chi connectivity index (χ3n) is 3.20. The fourth-order valence-electron chi connectivity index (χ4n) is 2.19. The highest BCUT2D eigenvalue weighted by molar-refractivity contribution is 5.77. The predicted octanol–water partition coefficient (Wildman–Crippen LogP) is 2.39. The lowest BCUT2D eigenvalue weighted by atomic mass is 10.1. The van der Waals surface area contributed by atoms with Crippen molar-refractivity contribution in [2.75, 3.05) is 7.11 Å². The van der Waals surface area contributed by atoms with E-state index in [4.69, 9.17) is 15.0 Å². The molecule has 0 aliphatic rings. The fraction of sp³-hybridized carbons (Fsp3) is 0.133. The molecule has 0 saturated carbocycles. The third kappa shape index (κ3) is 2.24. The number of para-hydroxylation sites is 1. The molecular formula is C15H15N3O2. The zero-order valence-corrected chi connectivity index (χ0v) is 11.0. The smallest absolute Gasteiger partial charge is 0.137 e. The molecule has 0 bridgehead atoms. The minimum Gasteiger partial charge on any atom is -0.495 e. The molecule has 0 saturated heterocycles. The molecule has 2 heterocycles. The summed E-state index contributed by atoms with van der Waals surface area (Å²) < 4.78 is 11.0. The Morgan fingerprint density at radius 2 is 2.10 bits per heavy atom. The Labute approximate surface area is 116 Å². The van der Waals surface area contributed by atoms with Crippen molar-refractivity contribution in [2.45, 2.75) is 6.04 Å². The fourth-order valence-corrected chi connectivity index (χ4v) is 2.19. The molecule has 0 aliphatic heterocycles. The molecule has 5 heteroatoms. The van der Waals surface area contributed by atoms with E-state index in [2.05, 4.69) is 10.4 Å². The summed E-state index contributed by atoms with van der Waals surface area (Å²) in [6.45, 7) is 0. The first-order chi connectivity index (χ1) is 9.81. The zero-order valence-electron chi connectivity index (χ0n) is 11.0. The van der Waals surface area contributed by atoms with Crippen LogP contribution in [0.5, 0.6) is 5.75 Å². The van der Waals surface area contributed by atoms with Gasteiger partial charge in [-0.3, -0.25) is 10.8 Å². The lowest BCUT2D eigenvalue weighted by Crippen LogP contribution is -2.28. The minimum atomic E-state index is -0.273. The van der Waals surface area contributed by atoms with Crippen molar-refractivity contribution >= 4 is 11.0 Å². The summed E-state index contributed by atoms with van der Waals surface area (Å²) in [6.07, 6.45) is 3.38. The van der Waals surface area contributed by atoms with E-state index in [1.807, 2.05) is 36.4 Å². The van der Waals surface area contributed by atoms with Crippen LogP contribution in [0.1, 0.15) is 17.4 Å². The number of rotatable bonds is 4. The van der Waals surface area contributed by atoms with Crippen LogP contribution in [0.15, 0.2) is 53.2 Å². The standard InChI is InChI=1S/C15H15N3O2/c1-19-12-6-11(8-17-9-12)15(18-16)14-7-10-4-2-3-5-13(10)20-14/h2-9,15,18H,16H2,1H3. The van der Waals surface area contributed by atoms with Crippen LogP contribution in [0.25, 0.3) is 11.0 Å². The maximum absolute atomic E-state index is 5.84. The highest BCUT2D eigenvalue weighted by Crippen LogP contribution is 2.28. The number of hydrogen-bond donors (Lipinski definition) is 2. The van der Waals surface area contributed by atoms with E-state index in [1.165, 1.54) is 0 Å². The molecule has 0 fully saturated rings. The van der Waals surface area contributed by atoms with Gasteiger partial charge in [0, 0.05) is 11.6 Å². The van der Waals surface area contributed by atoms with E-state index in [1.54, 1.807) is 19.5 Å². The average molecular weight is 269 g/mol. The molecule has 0 radical (unpaired) electrons. The van der Waals surface area contributed by atoms with E-state index < -0.39 is 0 Å². The molecular weight excluding hydrogens is 254 g/mol. The number of hydrogen-bond acceptors (Lipinski definition) is 5. The summed E-state index contributed by atoms with van der Waals surface area (Å²) in [5.74, 6) is 7.09. The van der Waals surface area contributed by atoms with Gasteiger partial charge in [-0.15, -0.1) is 0 Å². The van der Waals surface area contributed by atoms with Crippen LogP contribution in [0.4, 0.5) is 0 Å². The number of nitrogens with one attached hydrogen (secondary N) is 1. The molecule has 0 amide bonds. The van der Waals surface area contributed by atoms with Crippen molar-refractivity contribution in [3.8, 4) is 5.75 Å². The quantitative estimate of drug-likeness (QED) is 0.562. The molecule has 20 heavy (non-hydrogen) atoms. The van der Waals surface area contributed by atoms with Gasteiger partial charge in [-0.05, 0) is 23.8 Å². The first-order valence-corrected chi connectivity index (χ1v) is 6.25. The maximum Gasteiger partial charge on any atom is 0.137 e. The Kier molecular flexibility index (Phi) is 3.37. The SMILES string of the molecule is COc1cncc(C(NN)c2cc3ccccc3o2)c1. The number of nitrogens with zero attached hydrogens (tertiary/aromatic N) is 1. The molecule has 1 atom stereocenters. The lowest BCUT2D eigenvalue weighted by Gasteiger charge is -2.13. The number of furan rings is 1. The van der Waals surface area contributed by atoms with Crippen molar-refractivity contribution < 1.29 is 9.15 Å². The second-order valence-corrected chi connectivity index (χ2v) is 4.44. The van der Waals surface area contributed by atoms with Crippen LogP contribution in [-0.2, 0) is 0 Å². The van der Waals surface area contributed by atoms with Crippen LogP contribution in [0.2, 0.25) is 0 Å². The maximum atomic E-state index is 5.84. The number of ether oxygens (including phenoxy) is 1. The van der Waals surface area contributed by atoms with Crippen LogP contribution in [0.3, 0.4) is 0 Å². The van der Waals surface area contributed by atoms with Crippen LogP contribution < -0.4 is 16.0 Å². The Balaban J connectivity index is 2.03. The molecule has 3 N–H and O–H groups in total. The normalized spacial score (nSPS) is 12.5. The number of aromatic nitrogens is 1. The molecule has 102 valence electrons. The summed E-state index contributed by atoms with van der Waals surface area (Å²) in [6, 6.07) is 11.4. The van der Waals surface area contributed by atoms with Gasteiger partial charge in [-0.1, -0.05) is 18.2 Å². The number of hydrazine groups is 1. The van der Waals surface area contributed by atoms with Gasteiger partial charge in [-0.2, -0.15) is 0 Å². The number of fused-ring (bicyclic) bond motifs is 1. The Bertz CT molecular complexity index is 691. The van der Waals surface area contributed by atoms with Crippen LogP contribution in [-0.4, -0.2) is 12.1 Å². The topological polar surface area (TPSA) is 73.3 Å². The molecule has 3 rings (SSSR count). The second kappa shape index (κ2) is 5.32. The van der Waals surface area contributed by atoms with Crippen molar-refractivity contribution in [3.63, 3.8) is 0 Å². The Hall–Kier alpha value is -2.37. The first-order valence-electron chi connectivity index (χ1n) is 6.25. The van der Waals surface area contributed by atoms with Crippen molar-refractivity contribution in [3.05, 3.63) is 60.1 Å². The lowest BCUT2D eigenvalue weighted by molar-refractivity contribution is 0.410. The minimum absolute atomic E-state index is 0.273. The number of nitrogens with two attached hydrogens (primary N) is 1. The van der Waals surface area contributed by atoms with Crippen LogP contribution in [0, 0.1) is 0 Å². The largest absolute Gasteiger partial charge is 0.495 e. The van der Waals surface area contributed by atoms with Gasteiger partial charge in [0.1, 0.15) is 23.1 Å². The highest BCUT2D eigenvalue weighted by atomic mass is 16.5. The van der Waals surface area contributed by atoms with Crippen molar-refractivity contribution in [2.24, 2.45) is 5.84 Å².